The summed E-state index contributed by atoms with van der Waals surface area (Å²) < 4.78 is 4.48. The number of hydrogen-bond acceptors (Lipinski definition) is 12. The fourth-order valence-corrected chi connectivity index (χ4v) is 5.53. The Morgan fingerprint density at radius 2 is 2.05 bits per heavy atom. The summed E-state index contributed by atoms with van der Waals surface area (Å²) in [7, 11) is 3.22. The number of nitrogens with two attached hydrogens (primary N) is 2. The minimum atomic E-state index is -1.49. The first-order valence-corrected chi connectivity index (χ1v) is 13.2. The third-order valence-corrected chi connectivity index (χ3v) is 7.83. The molecule has 1 aromatic rings. The predicted molar refractivity (Wildman–Crippen MR) is 139 cm³/mol. The maximum atomic E-state index is 12.9. The van der Waals surface area contributed by atoms with Gasteiger partial charge in [-0.2, -0.15) is 9.36 Å². The van der Waals surface area contributed by atoms with Crippen molar-refractivity contribution in [1.29, 1.82) is 0 Å². The number of nitrogens with zero attached hydrogens (tertiary/aromatic N) is 5. The quantitative estimate of drug-likeness (QED) is 0.0831. The van der Waals surface area contributed by atoms with Gasteiger partial charge in [0.05, 0.1) is 38.3 Å². The highest BCUT2D eigenvalue weighted by Gasteiger charge is 2.53. The number of carbonyl (C=O) groups is 4. The maximum absolute atomic E-state index is 12.9. The second-order valence-corrected chi connectivity index (χ2v) is 10.5. The highest BCUT2D eigenvalue weighted by atomic mass is 32.2. The van der Waals surface area contributed by atoms with E-state index in [1.165, 1.54) is 24.9 Å². The van der Waals surface area contributed by atoms with Crippen molar-refractivity contribution in [3.05, 3.63) is 41.4 Å². The molecular formula is C22H28N8O6S2. The number of carboxylic acids is 1. The Bertz CT molecular complexity index is 1240. The Balaban J connectivity index is 1.74. The van der Waals surface area contributed by atoms with Crippen LogP contribution in [0.2, 0.25) is 0 Å². The number of nitrogen functional groups attached to an aromatic ring is 1. The van der Waals surface area contributed by atoms with Crippen LogP contribution in [0.25, 0.3) is 0 Å². The number of hydrogen-bond donors (Lipinski definition) is 3. The molecule has 0 bridgehead atoms. The minimum Gasteiger partial charge on any atom is -0.543 e. The SMILES string of the molecule is CC[N+](C)(C/C=C/C(N)=O)C/C=C/C1=C(C(=O)[O-])N2C(=O)[C@@H](NC(=O)/C(=N\OC)c3nsc(N)n3)[C@H]2SC1. The maximum Gasteiger partial charge on any atom is 0.278 e. The molecule has 0 aromatic carbocycles. The summed E-state index contributed by atoms with van der Waals surface area (Å²) in [4.78, 5) is 58.5. The molecule has 16 heteroatoms. The summed E-state index contributed by atoms with van der Waals surface area (Å²) in [6.07, 6.45) is 6.49. The number of quaternary nitrogens is 1. The lowest BCUT2D eigenvalue weighted by Gasteiger charge is -2.50. The van der Waals surface area contributed by atoms with E-state index in [9.17, 15) is 24.3 Å². The summed E-state index contributed by atoms with van der Waals surface area (Å²) in [6, 6.07) is -0.998. The number of β-lactam (4-membered cyclic amide) rings is 1. The number of oxime groups is 1. The van der Waals surface area contributed by atoms with E-state index in [4.69, 9.17) is 16.3 Å². The number of carboxylic acid groups (broad SMARTS) is 1. The van der Waals surface area contributed by atoms with Gasteiger partial charge in [-0.3, -0.25) is 19.3 Å². The van der Waals surface area contributed by atoms with Gasteiger partial charge in [-0.05, 0) is 24.6 Å². The zero-order chi connectivity index (χ0) is 28.0. The van der Waals surface area contributed by atoms with E-state index >= 15 is 0 Å². The van der Waals surface area contributed by atoms with Crippen LogP contribution in [0.1, 0.15) is 12.7 Å². The number of likely N-dealkylation sites (N-methyl/N-ethyl adjacent to an activating group) is 1. The van der Waals surface area contributed by atoms with Crippen LogP contribution in [0.15, 0.2) is 40.7 Å². The van der Waals surface area contributed by atoms with E-state index in [1.807, 2.05) is 20.0 Å². The molecule has 3 heterocycles. The topological polar surface area (TPSA) is 206 Å². The van der Waals surface area contributed by atoms with Gasteiger partial charge < -0.3 is 36.0 Å². The van der Waals surface area contributed by atoms with Crippen molar-refractivity contribution in [2.45, 2.75) is 18.3 Å². The lowest BCUT2D eigenvalue weighted by atomic mass is 10.0. The van der Waals surface area contributed by atoms with Crippen molar-refractivity contribution in [3.8, 4) is 0 Å². The molecule has 0 radical (unpaired) electrons. The average Bonchev–Trinajstić information content (AvgIpc) is 3.30. The van der Waals surface area contributed by atoms with Crippen LogP contribution in [0, 0.1) is 0 Å². The van der Waals surface area contributed by atoms with Gasteiger partial charge in [0.2, 0.25) is 17.4 Å². The highest BCUT2D eigenvalue weighted by molar-refractivity contribution is 8.00. The minimum absolute atomic E-state index is 0.0582. The number of thioether (sulfide) groups is 1. The van der Waals surface area contributed by atoms with Crippen LogP contribution < -0.4 is 21.9 Å². The first kappa shape index (κ1) is 28.8. The standard InChI is InChI=1S/C22H28N8O6S2/c1-4-30(2,10-6-8-13(23)31)9-5-7-12-11-37-20-15(19(33)29(20)16(12)21(34)35)25-18(32)14(27-36-3)17-26-22(24)38-28-17/h5-8,15,20H,4,9-11H2,1-3H3,(H5-,23,24,25,26,28,31,32,34,35)/b7-5+,8-6+,27-14-/t15-,20-,30?/m1/s1. The van der Waals surface area contributed by atoms with E-state index in [-0.39, 0.29) is 28.1 Å². The molecule has 2 aliphatic heterocycles. The van der Waals surface area contributed by atoms with Crippen molar-refractivity contribution < 1.29 is 33.6 Å². The summed E-state index contributed by atoms with van der Waals surface area (Å²) in [5, 5.41) is 17.7. The van der Waals surface area contributed by atoms with Crippen molar-refractivity contribution in [3.63, 3.8) is 0 Å². The molecule has 5 N–H and O–H groups in total. The third kappa shape index (κ3) is 6.38. The molecule has 38 heavy (non-hydrogen) atoms. The highest BCUT2D eigenvalue weighted by Crippen LogP contribution is 2.40. The third-order valence-electron chi connectivity index (χ3n) is 5.99. The second kappa shape index (κ2) is 12.2. The molecule has 1 fully saturated rings. The number of anilines is 1. The predicted octanol–water partition coefficient (Wildman–Crippen LogP) is -2.06. The summed E-state index contributed by atoms with van der Waals surface area (Å²) in [5.41, 5.74) is 10.6. The Kier molecular flexibility index (Phi) is 9.24. The van der Waals surface area contributed by atoms with Crippen molar-refractivity contribution >= 4 is 57.8 Å². The second-order valence-electron chi connectivity index (χ2n) is 8.61. The number of aliphatic carboxylic acids is 1. The average molecular weight is 565 g/mol. The molecule has 1 saturated heterocycles. The number of allylic oxidation sites excluding steroid dienone is 1. The molecular weight excluding hydrogens is 536 g/mol. The molecule has 3 atom stereocenters. The molecule has 1 unspecified atom stereocenters. The van der Waals surface area contributed by atoms with Gasteiger partial charge in [0, 0.05) is 23.4 Å². The molecule has 0 aliphatic carbocycles. The van der Waals surface area contributed by atoms with Crippen molar-refractivity contribution in [2.75, 3.05) is 45.3 Å². The molecule has 3 rings (SSSR count). The Hall–Kier alpha value is -3.76. The van der Waals surface area contributed by atoms with Crippen LogP contribution in [0.3, 0.4) is 0 Å². The van der Waals surface area contributed by atoms with Crippen molar-refractivity contribution in [2.24, 2.45) is 10.9 Å². The van der Waals surface area contributed by atoms with Gasteiger partial charge in [0.1, 0.15) is 18.5 Å². The van der Waals surface area contributed by atoms with Gasteiger partial charge in [-0.25, -0.2) is 0 Å². The first-order valence-electron chi connectivity index (χ1n) is 11.4. The van der Waals surface area contributed by atoms with Gasteiger partial charge in [0.25, 0.3) is 11.8 Å². The Labute approximate surface area is 226 Å². The zero-order valence-corrected chi connectivity index (χ0v) is 22.6. The smallest absolute Gasteiger partial charge is 0.278 e. The van der Waals surface area contributed by atoms with Crippen LogP contribution in [-0.2, 0) is 24.0 Å². The fourth-order valence-electron chi connectivity index (χ4n) is 3.78. The number of aromatic nitrogens is 2. The van der Waals surface area contributed by atoms with E-state index in [1.54, 1.807) is 12.2 Å². The monoisotopic (exact) mass is 564 g/mol. The largest absolute Gasteiger partial charge is 0.543 e. The van der Waals surface area contributed by atoms with Crippen molar-refractivity contribution in [1.82, 2.24) is 19.6 Å². The number of rotatable bonds is 12. The van der Waals surface area contributed by atoms with Gasteiger partial charge in [-0.15, -0.1) is 11.8 Å². The van der Waals surface area contributed by atoms with Gasteiger partial charge in [0.15, 0.2) is 5.13 Å². The number of fused-ring (bicyclic) bond motifs is 1. The molecule has 3 amide bonds. The van der Waals surface area contributed by atoms with Gasteiger partial charge >= 0.3 is 0 Å². The Morgan fingerprint density at radius 3 is 2.63 bits per heavy atom. The van der Waals surface area contributed by atoms with Crippen LogP contribution in [0.4, 0.5) is 5.13 Å². The van der Waals surface area contributed by atoms with E-state index in [2.05, 4.69) is 19.8 Å². The zero-order valence-electron chi connectivity index (χ0n) is 20.9. The molecule has 204 valence electrons. The number of nitrogens with one attached hydrogen (secondary N) is 1. The molecule has 14 nitrogen and oxygen atoms in total. The van der Waals surface area contributed by atoms with Gasteiger partial charge in [-0.1, -0.05) is 11.2 Å². The van der Waals surface area contributed by atoms with E-state index in [0.717, 1.165) is 23.0 Å². The summed E-state index contributed by atoms with van der Waals surface area (Å²) in [6.45, 7) is 3.84. The Morgan fingerprint density at radius 1 is 1.34 bits per heavy atom. The lowest BCUT2D eigenvalue weighted by molar-refractivity contribution is -0.896. The number of carbonyl (C=O) groups excluding carboxylic acids is 4. The fraction of sp³-hybridized carbons (Fsp3) is 0.409. The summed E-state index contributed by atoms with van der Waals surface area (Å²) >= 11 is 2.17. The number of amides is 3. The lowest BCUT2D eigenvalue weighted by Crippen LogP contribution is -2.71. The molecule has 0 spiro atoms. The molecule has 0 saturated carbocycles. The van der Waals surface area contributed by atoms with Crippen LogP contribution >= 0.6 is 23.3 Å². The molecule has 2 aliphatic rings. The van der Waals surface area contributed by atoms with Crippen LogP contribution in [-0.4, -0.2) is 99.1 Å². The summed E-state index contributed by atoms with van der Waals surface area (Å²) in [5.74, 6) is -3.17. The molecule has 1 aromatic heterocycles. The first-order chi connectivity index (χ1) is 18.0. The van der Waals surface area contributed by atoms with E-state index < -0.39 is 35.1 Å². The van der Waals surface area contributed by atoms with E-state index in [0.29, 0.717) is 23.1 Å². The number of primary amides is 1. The normalized spacial score (nSPS) is 21.3. The van der Waals surface area contributed by atoms with Crippen LogP contribution in [0.5, 0.6) is 0 Å².